The third kappa shape index (κ3) is 2.58. The van der Waals surface area contributed by atoms with Crippen molar-refractivity contribution in [3.8, 4) is 0 Å². The van der Waals surface area contributed by atoms with Crippen LogP contribution in [0.2, 0.25) is 0 Å². The summed E-state index contributed by atoms with van der Waals surface area (Å²) in [6, 6.07) is 11.2. The molecule has 0 bridgehead atoms. The van der Waals surface area contributed by atoms with E-state index in [2.05, 4.69) is 49.5 Å². The molecule has 0 aromatic heterocycles. The van der Waals surface area contributed by atoms with Crippen LogP contribution in [0.5, 0.6) is 0 Å². The zero-order valence-electron chi connectivity index (χ0n) is 12.4. The van der Waals surface area contributed by atoms with Gasteiger partial charge in [0.1, 0.15) is 0 Å². The van der Waals surface area contributed by atoms with Crippen LogP contribution in [0.25, 0.3) is 0 Å². The first kappa shape index (κ1) is 13.2. The van der Waals surface area contributed by atoms with Crippen molar-refractivity contribution in [1.29, 1.82) is 0 Å². The summed E-state index contributed by atoms with van der Waals surface area (Å²) in [5.74, 6) is 0.710. The fourth-order valence-corrected chi connectivity index (χ4v) is 4.69. The highest BCUT2D eigenvalue weighted by Gasteiger charge is 2.46. The Balaban J connectivity index is 1.92. The van der Waals surface area contributed by atoms with Gasteiger partial charge in [0.2, 0.25) is 0 Å². The smallest absolute Gasteiger partial charge is 0.00255 e. The Morgan fingerprint density at radius 3 is 2.58 bits per heavy atom. The molecule has 19 heavy (non-hydrogen) atoms. The molecule has 1 saturated carbocycles. The highest BCUT2D eigenvalue weighted by Crippen LogP contribution is 2.55. The molecule has 1 saturated heterocycles. The number of nitrogens with one attached hydrogen (secondary N) is 1. The maximum atomic E-state index is 3.63. The van der Waals surface area contributed by atoms with E-state index in [1.165, 1.54) is 45.2 Å². The molecule has 1 aromatic carbocycles. The van der Waals surface area contributed by atoms with Gasteiger partial charge < -0.3 is 5.32 Å². The molecule has 1 N–H and O–H groups in total. The third-order valence-electron chi connectivity index (χ3n) is 5.45. The maximum absolute atomic E-state index is 3.63. The number of piperidine rings is 1. The molecule has 1 aliphatic heterocycles. The topological polar surface area (TPSA) is 12.0 Å². The van der Waals surface area contributed by atoms with Gasteiger partial charge in [-0.3, -0.25) is 0 Å². The molecule has 1 heteroatoms. The molecular weight excluding hydrogens is 230 g/mol. The monoisotopic (exact) mass is 257 g/mol. The van der Waals surface area contributed by atoms with Crippen molar-refractivity contribution in [3.63, 3.8) is 0 Å². The van der Waals surface area contributed by atoms with Crippen LogP contribution < -0.4 is 5.32 Å². The van der Waals surface area contributed by atoms with Crippen molar-refractivity contribution >= 4 is 0 Å². The Bertz CT molecular complexity index is 419. The van der Waals surface area contributed by atoms with E-state index in [0.717, 1.165) is 0 Å². The van der Waals surface area contributed by atoms with E-state index in [-0.39, 0.29) is 0 Å². The molecule has 104 valence electrons. The van der Waals surface area contributed by atoms with Crippen LogP contribution in [0.4, 0.5) is 0 Å². The molecule has 1 spiro atoms. The van der Waals surface area contributed by atoms with Gasteiger partial charge in [-0.15, -0.1) is 0 Å². The van der Waals surface area contributed by atoms with E-state index >= 15 is 0 Å². The van der Waals surface area contributed by atoms with Gasteiger partial charge in [-0.05, 0) is 48.6 Å². The average molecular weight is 257 g/mol. The molecule has 2 fully saturated rings. The summed E-state index contributed by atoms with van der Waals surface area (Å²) in [7, 11) is 0. The fraction of sp³-hybridized carbons (Fsp3) is 0.667. The number of hydrogen-bond donors (Lipinski definition) is 1. The summed E-state index contributed by atoms with van der Waals surface area (Å²) in [6.45, 7) is 7.31. The summed E-state index contributed by atoms with van der Waals surface area (Å²) >= 11 is 0. The van der Waals surface area contributed by atoms with Crippen LogP contribution in [-0.2, 0) is 0 Å². The van der Waals surface area contributed by atoms with Gasteiger partial charge in [0.15, 0.2) is 0 Å². The highest BCUT2D eigenvalue weighted by molar-refractivity contribution is 5.24. The van der Waals surface area contributed by atoms with Gasteiger partial charge >= 0.3 is 0 Å². The van der Waals surface area contributed by atoms with Crippen LogP contribution in [0.1, 0.15) is 57.4 Å². The standard InChI is InChI=1S/C18H27N/c1-17(2)9-6-10-18(14-17)11-12-19-13-16(18)15-7-4-3-5-8-15/h3-5,7-8,16,19H,6,9-14H2,1-2H3. The van der Waals surface area contributed by atoms with Crippen molar-refractivity contribution < 1.29 is 0 Å². The summed E-state index contributed by atoms with van der Waals surface area (Å²) < 4.78 is 0. The normalized spacial score (nSPS) is 34.3. The van der Waals surface area contributed by atoms with Gasteiger partial charge in [-0.2, -0.15) is 0 Å². The van der Waals surface area contributed by atoms with Gasteiger partial charge in [0, 0.05) is 12.5 Å². The lowest BCUT2D eigenvalue weighted by molar-refractivity contribution is 0.0332. The first-order valence-electron chi connectivity index (χ1n) is 7.87. The van der Waals surface area contributed by atoms with E-state index in [9.17, 15) is 0 Å². The zero-order valence-corrected chi connectivity index (χ0v) is 12.4. The second-order valence-corrected chi connectivity index (χ2v) is 7.47. The molecule has 3 rings (SSSR count). The molecular formula is C18H27N. The van der Waals surface area contributed by atoms with E-state index in [1.807, 2.05) is 0 Å². The minimum Gasteiger partial charge on any atom is -0.316 e. The van der Waals surface area contributed by atoms with Crippen molar-refractivity contribution in [3.05, 3.63) is 35.9 Å². The first-order valence-corrected chi connectivity index (χ1v) is 7.87. The molecule has 1 aliphatic carbocycles. The predicted octanol–water partition coefficient (Wildman–Crippen LogP) is 4.35. The van der Waals surface area contributed by atoms with Crippen molar-refractivity contribution in [2.75, 3.05) is 13.1 Å². The number of rotatable bonds is 1. The minimum absolute atomic E-state index is 0.530. The van der Waals surface area contributed by atoms with Crippen LogP contribution in [0.3, 0.4) is 0 Å². The Morgan fingerprint density at radius 1 is 1.05 bits per heavy atom. The average Bonchev–Trinajstić information content (AvgIpc) is 2.39. The van der Waals surface area contributed by atoms with Crippen molar-refractivity contribution in [2.45, 2.75) is 51.9 Å². The molecule has 2 aliphatic rings. The van der Waals surface area contributed by atoms with E-state index in [1.54, 1.807) is 5.56 Å². The zero-order chi connectivity index (χ0) is 13.3. The lowest BCUT2D eigenvalue weighted by Gasteiger charge is -2.52. The number of hydrogen-bond acceptors (Lipinski definition) is 1. The predicted molar refractivity (Wildman–Crippen MR) is 81.4 cm³/mol. The molecule has 1 nitrogen and oxygen atoms in total. The molecule has 2 atom stereocenters. The van der Waals surface area contributed by atoms with E-state index in [4.69, 9.17) is 0 Å². The summed E-state index contributed by atoms with van der Waals surface area (Å²) in [5.41, 5.74) is 2.63. The quantitative estimate of drug-likeness (QED) is 0.788. The van der Waals surface area contributed by atoms with Gasteiger partial charge in [0.25, 0.3) is 0 Å². The minimum atomic E-state index is 0.530. The fourth-order valence-electron chi connectivity index (χ4n) is 4.69. The second kappa shape index (κ2) is 4.94. The third-order valence-corrected chi connectivity index (χ3v) is 5.45. The maximum Gasteiger partial charge on any atom is 0.00255 e. The Hall–Kier alpha value is -0.820. The molecule has 0 amide bonds. The van der Waals surface area contributed by atoms with Gasteiger partial charge in [0.05, 0.1) is 0 Å². The second-order valence-electron chi connectivity index (χ2n) is 7.47. The molecule has 0 radical (unpaired) electrons. The Labute approximate surface area is 117 Å². The largest absolute Gasteiger partial charge is 0.316 e. The van der Waals surface area contributed by atoms with Crippen molar-refractivity contribution in [2.24, 2.45) is 10.8 Å². The molecule has 1 aromatic rings. The SMILES string of the molecule is CC1(C)CCCC2(CCNCC2c2ccccc2)C1. The Morgan fingerprint density at radius 2 is 1.84 bits per heavy atom. The van der Waals surface area contributed by atoms with Gasteiger partial charge in [-0.1, -0.05) is 50.6 Å². The first-order chi connectivity index (χ1) is 9.11. The highest BCUT2D eigenvalue weighted by atomic mass is 14.9. The number of benzene rings is 1. The van der Waals surface area contributed by atoms with E-state index < -0.39 is 0 Å². The van der Waals surface area contributed by atoms with Crippen molar-refractivity contribution in [1.82, 2.24) is 5.32 Å². The van der Waals surface area contributed by atoms with Crippen LogP contribution >= 0.6 is 0 Å². The van der Waals surface area contributed by atoms with E-state index in [0.29, 0.717) is 16.7 Å². The van der Waals surface area contributed by atoms with Crippen LogP contribution in [0, 0.1) is 10.8 Å². The summed E-state index contributed by atoms with van der Waals surface area (Å²) in [6.07, 6.45) is 7.01. The summed E-state index contributed by atoms with van der Waals surface area (Å²) in [5, 5.41) is 3.63. The molecule has 2 unspecified atom stereocenters. The van der Waals surface area contributed by atoms with Gasteiger partial charge in [-0.25, -0.2) is 0 Å². The lowest BCUT2D eigenvalue weighted by Crippen LogP contribution is -2.47. The summed E-state index contributed by atoms with van der Waals surface area (Å²) in [4.78, 5) is 0. The molecule has 1 heterocycles. The van der Waals surface area contributed by atoms with Crippen LogP contribution in [-0.4, -0.2) is 13.1 Å². The lowest BCUT2D eigenvalue weighted by atomic mass is 9.55. The Kier molecular flexibility index (Phi) is 3.42. The van der Waals surface area contributed by atoms with Crippen LogP contribution in [0.15, 0.2) is 30.3 Å².